The molecule has 1 heterocycles. The number of esters is 2. The zero-order chi connectivity index (χ0) is 12.0. The highest BCUT2D eigenvalue weighted by Crippen LogP contribution is 2.44. The molecule has 1 saturated heterocycles. The maximum absolute atomic E-state index is 12.8. The molecule has 10 heteroatoms. The Labute approximate surface area is 77.3 Å². The van der Waals surface area contributed by atoms with Crippen LogP contribution < -0.4 is 0 Å². The van der Waals surface area contributed by atoms with E-state index in [4.69, 9.17) is 0 Å². The zero-order valence-corrected chi connectivity index (χ0v) is 6.52. The van der Waals surface area contributed by atoms with Gasteiger partial charge in [0.25, 0.3) is 6.17 Å². The third-order valence-electron chi connectivity index (χ3n) is 1.66. The van der Waals surface area contributed by atoms with Crippen LogP contribution in [0.1, 0.15) is 0 Å². The van der Waals surface area contributed by atoms with Gasteiger partial charge in [0.2, 0.25) is 0 Å². The molecule has 0 aromatic rings. The van der Waals surface area contributed by atoms with Crippen LogP contribution in [0.2, 0.25) is 0 Å². The van der Waals surface area contributed by atoms with Crippen molar-refractivity contribution in [3.05, 3.63) is 0 Å². The van der Waals surface area contributed by atoms with Crippen LogP contribution >= 0.6 is 0 Å². The van der Waals surface area contributed by atoms with Gasteiger partial charge in [-0.05, 0) is 0 Å². The Morgan fingerprint density at radius 2 is 1.67 bits per heavy atom. The lowest BCUT2D eigenvalue weighted by Crippen LogP contribution is -2.67. The summed E-state index contributed by atoms with van der Waals surface area (Å²) in [6, 6.07) is 0. The van der Waals surface area contributed by atoms with Crippen LogP contribution in [0.25, 0.3) is 0 Å². The number of carbonyl (C=O) groups excluding carboxylic acids is 2. The Hall–Kier alpha value is -1.32. The second-order valence-electron chi connectivity index (χ2n) is 2.55. The first kappa shape index (κ1) is 11.8. The van der Waals surface area contributed by atoms with Crippen LogP contribution in [0, 0.1) is 0 Å². The van der Waals surface area contributed by atoms with E-state index in [1.165, 1.54) is 0 Å². The number of alkyl halides is 4. The van der Waals surface area contributed by atoms with Gasteiger partial charge in [-0.1, -0.05) is 8.96 Å². The van der Waals surface area contributed by atoms with Gasteiger partial charge in [-0.3, -0.25) is 0 Å². The number of cyclic esters (lactones) is 2. The lowest BCUT2D eigenvalue weighted by atomic mass is 10.0. The van der Waals surface area contributed by atoms with E-state index >= 15 is 0 Å². The van der Waals surface area contributed by atoms with E-state index < -0.39 is 35.2 Å². The molecular weight excluding hydrogens is 236 g/mol. The second kappa shape index (κ2) is 3.08. The number of hydrogen-bond acceptors (Lipinski definition) is 4. The molecule has 1 rings (SSSR count). The first-order valence-corrected chi connectivity index (χ1v) is 3.24. The van der Waals surface area contributed by atoms with Crippen molar-refractivity contribution in [3.63, 3.8) is 0 Å². The molecule has 1 aliphatic heterocycles. The highest BCUT2D eigenvalue weighted by molar-refractivity contribution is 5.97. The van der Waals surface area contributed by atoms with Crippen LogP contribution in [0.3, 0.4) is 0 Å². The van der Waals surface area contributed by atoms with Gasteiger partial charge in [-0.25, -0.2) is 18.4 Å². The minimum Gasteiger partial charge on any atom is -0.387 e. The zero-order valence-electron chi connectivity index (χ0n) is 6.52. The van der Waals surface area contributed by atoms with Gasteiger partial charge in [0.1, 0.15) is 0 Å². The Bertz CT molecular complexity index is 320. The maximum Gasteiger partial charge on any atom is 0.382 e. The molecule has 0 aromatic carbocycles. The molecule has 4 nitrogen and oxygen atoms in total. The molecule has 1 aliphatic rings. The monoisotopic (exact) mass is 237 g/mol. The van der Waals surface area contributed by atoms with E-state index in [2.05, 4.69) is 4.74 Å². The molecular formula is C5HF6NO3. The quantitative estimate of drug-likeness (QED) is 0.222. The summed E-state index contributed by atoms with van der Waals surface area (Å²) >= 11 is 0. The molecule has 2 atom stereocenters. The molecule has 0 bridgehead atoms. The van der Waals surface area contributed by atoms with Crippen LogP contribution in [-0.2, 0) is 14.3 Å². The van der Waals surface area contributed by atoms with Crippen LogP contribution in [0.4, 0.5) is 26.5 Å². The normalized spacial score (nSPS) is 35.5. The average Bonchev–Trinajstić information content (AvgIpc) is 2.12. The van der Waals surface area contributed by atoms with Crippen molar-refractivity contribution in [1.82, 2.24) is 5.34 Å². The minimum atomic E-state index is -5.52. The summed E-state index contributed by atoms with van der Waals surface area (Å²) < 4.78 is 77.0. The predicted octanol–water partition coefficient (Wildman–Crippen LogP) is 0.780. The molecule has 1 unspecified atom stereocenters. The Kier molecular flexibility index (Phi) is 2.42. The summed E-state index contributed by atoms with van der Waals surface area (Å²) in [4.78, 5) is 20.5. The van der Waals surface area contributed by atoms with Gasteiger partial charge in [0, 0.05) is 0 Å². The van der Waals surface area contributed by atoms with Crippen molar-refractivity contribution in [3.8, 4) is 0 Å². The summed E-state index contributed by atoms with van der Waals surface area (Å²) in [7, 11) is 0. The number of hydrogen-bond donors (Lipinski definition) is 0. The largest absolute Gasteiger partial charge is 0.387 e. The van der Waals surface area contributed by atoms with E-state index in [9.17, 15) is 36.1 Å². The van der Waals surface area contributed by atoms with Gasteiger partial charge in [0.05, 0.1) is 5.34 Å². The van der Waals surface area contributed by atoms with Crippen molar-refractivity contribution < 1.29 is 40.9 Å². The van der Waals surface area contributed by atoms with Crippen molar-refractivity contribution in [2.75, 3.05) is 0 Å². The van der Waals surface area contributed by atoms with Gasteiger partial charge < -0.3 is 4.74 Å². The smallest absolute Gasteiger partial charge is 0.382 e. The van der Waals surface area contributed by atoms with Gasteiger partial charge in [-0.2, -0.15) is 8.78 Å². The third kappa shape index (κ3) is 1.28. The molecule has 15 heavy (non-hydrogen) atoms. The Balaban J connectivity index is 3.26. The standard InChI is InChI=1S/C5HF6NO3/c6-1-2(13)15-3(14)5(9,12(10)11)4(1,7)8/h1H/t1?,5-/m1/s1. The molecule has 0 aromatic heterocycles. The van der Waals surface area contributed by atoms with Crippen LogP contribution in [0.5, 0.6) is 0 Å². The van der Waals surface area contributed by atoms with E-state index in [-0.39, 0.29) is 0 Å². The van der Waals surface area contributed by atoms with Crippen molar-refractivity contribution in [2.45, 2.75) is 17.9 Å². The van der Waals surface area contributed by atoms with Gasteiger partial charge in [0.15, 0.2) is 0 Å². The molecule has 1 fully saturated rings. The summed E-state index contributed by atoms with van der Waals surface area (Å²) in [5.74, 6) is -16.1. The highest BCUT2D eigenvalue weighted by Gasteiger charge is 2.77. The lowest BCUT2D eigenvalue weighted by Gasteiger charge is -2.34. The average molecular weight is 237 g/mol. The van der Waals surface area contributed by atoms with Crippen LogP contribution in [-0.4, -0.2) is 35.2 Å². The first-order chi connectivity index (χ1) is 6.65. The Morgan fingerprint density at radius 1 is 1.20 bits per heavy atom. The summed E-state index contributed by atoms with van der Waals surface area (Å²) in [5.41, 5.74) is 0. The maximum atomic E-state index is 12.8. The molecule has 0 N–H and O–H groups in total. The summed E-state index contributed by atoms with van der Waals surface area (Å²) in [6.07, 6.45) is -3.98. The van der Waals surface area contributed by atoms with E-state index in [1.807, 2.05) is 0 Å². The van der Waals surface area contributed by atoms with Crippen molar-refractivity contribution in [1.29, 1.82) is 0 Å². The van der Waals surface area contributed by atoms with Crippen LogP contribution in [0.15, 0.2) is 0 Å². The van der Waals surface area contributed by atoms with Gasteiger partial charge in [-0.15, -0.1) is 0 Å². The van der Waals surface area contributed by atoms with E-state index in [0.29, 0.717) is 0 Å². The third-order valence-corrected chi connectivity index (χ3v) is 1.66. The fraction of sp³-hybridized carbons (Fsp3) is 0.600. The van der Waals surface area contributed by atoms with Crippen molar-refractivity contribution >= 4 is 11.9 Å². The van der Waals surface area contributed by atoms with Crippen molar-refractivity contribution in [2.24, 2.45) is 0 Å². The fourth-order valence-corrected chi connectivity index (χ4v) is 0.844. The topological polar surface area (TPSA) is 46.6 Å². The SMILES string of the molecule is O=C1OC(=O)[C@@](F)(N(F)F)C(F)(F)C1F. The molecule has 0 amide bonds. The summed E-state index contributed by atoms with van der Waals surface area (Å²) in [5, 5.41) is -2.84. The van der Waals surface area contributed by atoms with E-state index in [0.717, 1.165) is 0 Å². The number of carbonyl (C=O) groups is 2. The minimum absolute atomic E-state index is 2.42. The molecule has 86 valence electrons. The number of ether oxygens (including phenoxy) is 1. The van der Waals surface area contributed by atoms with Gasteiger partial charge >= 0.3 is 23.7 Å². The highest BCUT2D eigenvalue weighted by atomic mass is 19.4. The number of nitrogens with zero attached hydrogens (tertiary/aromatic N) is 1. The summed E-state index contributed by atoms with van der Waals surface area (Å²) in [6.45, 7) is 0. The lowest BCUT2D eigenvalue weighted by molar-refractivity contribution is -0.352. The molecule has 0 radical (unpaired) electrons. The number of halogens is 6. The molecule has 0 saturated carbocycles. The Morgan fingerprint density at radius 3 is 2.07 bits per heavy atom. The number of rotatable bonds is 1. The van der Waals surface area contributed by atoms with E-state index in [1.54, 1.807) is 0 Å². The predicted molar refractivity (Wildman–Crippen MR) is 28.8 cm³/mol. The fourth-order valence-electron chi connectivity index (χ4n) is 0.844. The first-order valence-electron chi connectivity index (χ1n) is 3.24. The molecule has 0 spiro atoms. The molecule has 0 aliphatic carbocycles. The second-order valence-corrected chi connectivity index (χ2v) is 2.55.